The lowest BCUT2D eigenvalue weighted by Gasteiger charge is -2.04. The summed E-state index contributed by atoms with van der Waals surface area (Å²) >= 11 is 0. The Kier molecular flexibility index (Phi) is 2.87. The van der Waals surface area contributed by atoms with Crippen LogP contribution in [0.1, 0.15) is 6.42 Å². The first-order valence-electron chi connectivity index (χ1n) is 4.85. The van der Waals surface area contributed by atoms with Gasteiger partial charge in [0.05, 0.1) is 18.2 Å². The number of hydrogen-bond donors (Lipinski definition) is 3. The van der Waals surface area contributed by atoms with E-state index in [1.165, 1.54) is 0 Å². The molecule has 4 N–H and O–H groups in total. The molecule has 15 heavy (non-hydrogen) atoms. The second kappa shape index (κ2) is 4.50. The van der Waals surface area contributed by atoms with Crippen molar-refractivity contribution in [2.45, 2.75) is 13.0 Å². The third kappa shape index (κ3) is 2.49. The monoisotopic (exact) mass is 206 g/mol. The summed E-state index contributed by atoms with van der Waals surface area (Å²) in [6.07, 6.45) is 8.24. The van der Waals surface area contributed by atoms with Crippen molar-refractivity contribution in [3.63, 3.8) is 0 Å². The fourth-order valence-electron chi connectivity index (χ4n) is 1.34. The van der Waals surface area contributed by atoms with Gasteiger partial charge < -0.3 is 15.6 Å². The minimum absolute atomic E-state index is 0.581. The van der Waals surface area contributed by atoms with Crippen LogP contribution in [0.15, 0.2) is 24.9 Å². The zero-order chi connectivity index (χ0) is 10.5. The number of hydrogen-bond acceptors (Lipinski definition) is 4. The molecule has 0 saturated heterocycles. The number of nitrogen functional groups attached to an aromatic ring is 1. The molecule has 0 aliphatic rings. The maximum Gasteiger partial charge on any atom is 0.142 e. The van der Waals surface area contributed by atoms with Gasteiger partial charge in [-0.1, -0.05) is 0 Å². The van der Waals surface area contributed by atoms with E-state index in [0.29, 0.717) is 5.82 Å². The standard InChI is InChI=1S/C9H14N6/c10-9-8(6-13-14-9)12-2-1-4-15-5-3-11-7-15/h3,5-7,12H,1-2,4H2,(H3,10,13,14). The van der Waals surface area contributed by atoms with Gasteiger partial charge in [0.1, 0.15) is 5.82 Å². The topological polar surface area (TPSA) is 84.5 Å². The predicted octanol–water partition coefficient (Wildman–Crippen LogP) is 0.691. The average Bonchev–Trinajstić information content (AvgIpc) is 2.85. The molecule has 0 amide bonds. The van der Waals surface area contributed by atoms with Crippen molar-refractivity contribution >= 4 is 11.5 Å². The van der Waals surface area contributed by atoms with Gasteiger partial charge in [0, 0.05) is 25.5 Å². The van der Waals surface area contributed by atoms with Crippen molar-refractivity contribution in [1.29, 1.82) is 0 Å². The van der Waals surface area contributed by atoms with Crippen LogP contribution >= 0.6 is 0 Å². The fraction of sp³-hybridized carbons (Fsp3) is 0.333. The molecule has 0 aromatic carbocycles. The summed E-state index contributed by atoms with van der Waals surface area (Å²) in [5, 5.41) is 9.70. The molecule has 0 aliphatic heterocycles. The van der Waals surface area contributed by atoms with Crippen LogP contribution in [-0.2, 0) is 6.54 Å². The maximum absolute atomic E-state index is 5.62. The van der Waals surface area contributed by atoms with E-state index in [-0.39, 0.29) is 0 Å². The van der Waals surface area contributed by atoms with E-state index in [1.807, 2.05) is 17.1 Å². The van der Waals surface area contributed by atoms with E-state index in [9.17, 15) is 0 Å². The molecule has 80 valence electrons. The van der Waals surface area contributed by atoms with Gasteiger partial charge in [-0.25, -0.2) is 4.98 Å². The fourth-order valence-corrected chi connectivity index (χ4v) is 1.34. The van der Waals surface area contributed by atoms with E-state index in [0.717, 1.165) is 25.2 Å². The van der Waals surface area contributed by atoms with Gasteiger partial charge in [0.15, 0.2) is 0 Å². The van der Waals surface area contributed by atoms with E-state index in [1.54, 1.807) is 12.4 Å². The van der Waals surface area contributed by atoms with Crippen molar-refractivity contribution in [2.24, 2.45) is 0 Å². The quantitative estimate of drug-likeness (QED) is 0.628. The van der Waals surface area contributed by atoms with Crippen LogP contribution in [0.2, 0.25) is 0 Å². The number of rotatable bonds is 5. The molecule has 6 nitrogen and oxygen atoms in total. The number of aryl methyl sites for hydroxylation is 1. The first kappa shape index (κ1) is 9.57. The summed E-state index contributed by atoms with van der Waals surface area (Å²) in [6, 6.07) is 0. The predicted molar refractivity (Wildman–Crippen MR) is 58.3 cm³/mol. The highest BCUT2D eigenvalue weighted by Gasteiger charge is 1.98. The van der Waals surface area contributed by atoms with Crippen LogP contribution in [-0.4, -0.2) is 26.3 Å². The highest BCUT2D eigenvalue weighted by Crippen LogP contribution is 2.12. The lowest BCUT2D eigenvalue weighted by molar-refractivity contribution is 0.661. The Balaban J connectivity index is 1.70. The van der Waals surface area contributed by atoms with Gasteiger partial charge in [-0.3, -0.25) is 5.10 Å². The highest BCUT2D eigenvalue weighted by atomic mass is 15.2. The number of imidazole rings is 1. The Bertz CT molecular complexity index is 390. The largest absolute Gasteiger partial charge is 0.382 e. The van der Waals surface area contributed by atoms with Gasteiger partial charge >= 0.3 is 0 Å². The average molecular weight is 206 g/mol. The van der Waals surface area contributed by atoms with Crippen LogP contribution in [0.25, 0.3) is 0 Å². The number of aromatic nitrogens is 4. The molecule has 0 saturated carbocycles. The molecular weight excluding hydrogens is 192 g/mol. The van der Waals surface area contributed by atoms with Crippen LogP contribution in [0.3, 0.4) is 0 Å². The number of H-pyrrole nitrogens is 1. The van der Waals surface area contributed by atoms with Gasteiger partial charge in [-0.2, -0.15) is 5.10 Å². The van der Waals surface area contributed by atoms with Gasteiger partial charge in [-0.15, -0.1) is 0 Å². The smallest absolute Gasteiger partial charge is 0.142 e. The summed E-state index contributed by atoms with van der Waals surface area (Å²) < 4.78 is 2.04. The van der Waals surface area contributed by atoms with E-state index in [4.69, 9.17) is 5.73 Å². The van der Waals surface area contributed by atoms with E-state index >= 15 is 0 Å². The van der Waals surface area contributed by atoms with Gasteiger partial charge in [0.25, 0.3) is 0 Å². The minimum atomic E-state index is 0.581. The molecule has 2 rings (SSSR count). The first-order chi connectivity index (χ1) is 7.36. The van der Waals surface area contributed by atoms with Crippen molar-refractivity contribution in [1.82, 2.24) is 19.7 Å². The van der Waals surface area contributed by atoms with Crippen LogP contribution in [0.4, 0.5) is 11.5 Å². The summed E-state index contributed by atoms with van der Waals surface area (Å²) in [5.74, 6) is 0.581. The number of nitrogens with zero attached hydrogens (tertiary/aromatic N) is 3. The zero-order valence-corrected chi connectivity index (χ0v) is 8.35. The van der Waals surface area contributed by atoms with Gasteiger partial charge in [-0.05, 0) is 6.42 Å². The van der Waals surface area contributed by atoms with Crippen LogP contribution < -0.4 is 11.1 Å². The lowest BCUT2D eigenvalue weighted by atomic mass is 10.4. The zero-order valence-electron chi connectivity index (χ0n) is 8.35. The molecule has 2 aromatic heterocycles. The molecular formula is C9H14N6. The molecule has 0 spiro atoms. The second-order valence-electron chi connectivity index (χ2n) is 3.28. The van der Waals surface area contributed by atoms with Crippen molar-refractivity contribution in [3.8, 4) is 0 Å². The number of anilines is 2. The summed E-state index contributed by atoms with van der Waals surface area (Å²) in [5.41, 5.74) is 6.48. The van der Waals surface area contributed by atoms with E-state index < -0.39 is 0 Å². The Hall–Kier alpha value is -1.98. The third-order valence-corrected chi connectivity index (χ3v) is 2.14. The Morgan fingerprint density at radius 2 is 2.47 bits per heavy atom. The molecule has 0 radical (unpaired) electrons. The Morgan fingerprint density at radius 1 is 1.53 bits per heavy atom. The third-order valence-electron chi connectivity index (χ3n) is 2.14. The van der Waals surface area contributed by atoms with Crippen molar-refractivity contribution in [2.75, 3.05) is 17.6 Å². The highest BCUT2D eigenvalue weighted by molar-refractivity contribution is 5.59. The van der Waals surface area contributed by atoms with Crippen LogP contribution in [0, 0.1) is 0 Å². The molecule has 0 bridgehead atoms. The SMILES string of the molecule is Nc1[nH]ncc1NCCCn1ccnc1. The summed E-state index contributed by atoms with van der Waals surface area (Å²) in [7, 11) is 0. The molecule has 0 aliphatic carbocycles. The van der Waals surface area contributed by atoms with Gasteiger partial charge in [0.2, 0.25) is 0 Å². The summed E-state index contributed by atoms with van der Waals surface area (Å²) in [6.45, 7) is 1.81. The Morgan fingerprint density at radius 3 is 3.13 bits per heavy atom. The molecule has 0 atom stereocenters. The number of nitrogens with one attached hydrogen (secondary N) is 2. The van der Waals surface area contributed by atoms with E-state index in [2.05, 4.69) is 20.5 Å². The van der Waals surface area contributed by atoms with Crippen molar-refractivity contribution in [3.05, 3.63) is 24.9 Å². The van der Waals surface area contributed by atoms with Crippen molar-refractivity contribution < 1.29 is 0 Å². The molecule has 6 heteroatoms. The normalized spacial score (nSPS) is 10.4. The van der Waals surface area contributed by atoms with Crippen LogP contribution in [0.5, 0.6) is 0 Å². The lowest BCUT2D eigenvalue weighted by Crippen LogP contribution is -2.06. The number of aromatic amines is 1. The molecule has 0 fully saturated rings. The minimum Gasteiger partial charge on any atom is -0.382 e. The summed E-state index contributed by atoms with van der Waals surface area (Å²) in [4.78, 5) is 3.97. The first-order valence-corrected chi connectivity index (χ1v) is 4.85. The second-order valence-corrected chi connectivity index (χ2v) is 3.28. The number of nitrogens with two attached hydrogens (primary N) is 1. The maximum atomic E-state index is 5.62. The molecule has 2 heterocycles. The Labute approximate surface area is 87.5 Å². The molecule has 0 unspecified atom stereocenters. The molecule has 2 aromatic rings.